The Balaban J connectivity index is 1.89. The first-order chi connectivity index (χ1) is 12.1. The third-order valence-corrected chi connectivity index (χ3v) is 3.79. The number of methoxy groups -OCH3 is 2. The molecule has 0 amide bonds. The van der Waals surface area contributed by atoms with Gasteiger partial charge >= 0.3 is 5.76 Å². The minimum Gasteiger partial charge on any atom is -0.497 e. The Hall–Kier alpha value is -3.09. The first-order valence-corrected chi connectivity index (χ1v) is 7.61. The molecule has 25 heavy (non-hydrogen) atoms. The molecule has 0 fully saturated rings. The molecule has 1 aromatic heterocycles. The van der Waals surface area contributed by atoms with Crippen molar-refractivity contribution in [2.24, 2.45) is 0 Å². The van der Waals surface area contributed by atoms with Crippen molar-refractivity contribution in [3.05, 3.63) is 75.8 Å². The third-order valence-electron chi connectivity index (χ3n) is 3.79. The molecule has 0 atom stereocenters. The second-order valence-electron chi connectivity index (χ2n) is 5.48. The number of benzene rings is 2. The van der Waals surface area contributed by atoms with Crippen LogP contribution < -0.4 is 15.2 Å². The highest BCUT2D eigenvalue weighted by molar-refractivity contribution is 5.38. The molecule has 0 N–H and O–H groups in total. The number of halogens is 1. The highest BCUT2D eigenvalue weighted by atomic mass is 19.1. The summed E-state index contributed by atoms with van der Waals surface area (Å²) in [5.41, 5.74) is 1.63. The Morgan fingerprint density at radius 3 is 2.28 bits per heavy atom. The molecule has 130 valence electrons. The van der Waals surface area contributed by atoms with Gasteiger partial charge in [0.2, 0.25) is 0 Å². The predicted molar refractivity (Wildman–Crippen MR) is 88.6 cm³/mol. The summed E-state index contributed by atoms with van der Waals surface area (Å²) in [5.74, 6) is 0.833. The van der Waals surface area contributed by atoms with Gasteiger partial charge in [-0.05, 0) is 35.4 Å². The first-order valence-electron chi connectivity index (χ1n) is 7.61. The Kier molecular flexibility index (Phi) is 4.83. The summed E-state index contributed by atoms with van der Waals surface area (Å²) in [4.78, 5) is 12.0. The predicted octanol–water partition coefficient (Wildman–Crippen LogP) is 2.63. The molecular weight excluding hydrogens is 327 g/mol. The van der Waals surface area contributed by atoms with Crippen LogP contribution in [-0.4, -0.2) is 23.9 Å². The number of rotatable bonds is 6. The molecule has 0 unspecified atom stereocenters. The highest BCUT2D eigenvalue weighted by Crippen LogP contribution is 2.23. The van der Waals surface area contributed by atoms with E-state index in [0.29, 0.717) is 23.7 Å². The molecule has 7 heteroatoms. The Bertz CT molecular complexity index is 893. The lowest BCUT2D eigenvalue weighted by molar-refractivity contribution is 0.374. The fourth-order valence-corrected chi connectivity index (χ4v) is 2.50. The van der Waals surface area contributed by atoms with Crippen LogP contribution in [0.4, 0.5) is 4.39 Å². The van der Waals surface area contributed by atoms with Crippen molar-refractivity contribution in [3.8, 4) is 11.5 Å². The minimum atomic E-state index is -0.557. The van der Waals surface area contributed by atoms with Gasteiger partial charge in [0.25, 0.3) is 0 Å². The first kappa shape index (κ1) is 16.8. The topological polar surface area (TPSA) is 66.5 Å². The molecule has 6 nitrogen and oxygen atoms in total. The van der Waals surface area contributed by atoms with Gasteiger partial charge in [-0.1, -0.05) is 17.3 Å². The van der Waals surface area contributed by atoms with Crippen molar-refractivity contribution < 1.29 is 18.4 Å². The molecule has 0 bridgehead atoms. The maximum Gasteiger partial charge on any atom is 0.441 e. The molecule has 0 saturated carbocycles. The zero-order chi connectivity index (χ0) is 17.8. The van der Waals surface area contributed by atoms with E-state index >= 15 is 0 Å². The van der Waals surface area contributed by atoms with E-state index in [1.807, 2.05) is 12.1 Å². The molecule has 0 aliphatic heterocycles. The van der Waals surface area contributed by atoms with Crippen LogP contribution in [0.15, 0.2) is 51.8 Å². The molecule has 3 rings (SSSR count). The molecule has 0 spiro atoms. The van der Waals surface area contributed by atoms with E-state index < -0.39 is 5.76 Å². The SMILES string of the molecule is COc1cc(Cn2c(Cc3ccc(F)cc3)noc2=O)cc(OC)c1. The third kappa shape index (κ3) is 3.88. The average molecular weight is 344 g/mol. The summed E-state index contributed by atoms with van der Waals surface area (Å²) < 4.78 is 29.7. The number of aromatic nitrogens is 2. The van der Waals surface area contributed by atoms with E-state index in [9.17, 15) is 9.18 Å². The van der Waals surface area contributed by atoms with Gasteiger partial charge in [0.15, 0.2) is 5.82 Å². The van der Waals surface area contributed by atoms with Crippen LogP contribution in [0, 0.1) is 5.82 Å². The molecule has 1 heterocycles. The van der Waals surface area contributed by atoms with E-state index in [4.69, 9.17) is 14.0 Å². The van der Waals surface area contributed by atoms with Gasteiger partial charge < -0.3 is 9.47 Å². The van der Waals surface area contributed by atoms with Crippen LogP contribution in [0.5, 0.6) is 11.5 Å². The Morgan fingerprint density at radius 2 is 1.68 bits per heavy atom. The van der Waals surface area contributed by atoms with Crippen LogP contribution in [0.3, 0.4) is 0 Å². The van der Waals surface area contributed by atoms with Gasteiger partial charge in [0.1, 0.15) is 17.3 Å². The second-order valence-corrected chi connectivity index (χ2v) is 5.48. The summed E-state index contributed by atoms with van der Waals surface area (Å²) in [6.45, 7) is 0.256. The smallest absolute Gasteiger partial charge is 0.441 e. The summed E-state index contributed by atoms with van der Waals surface area (Å²) in [6, 6.07) is 11.4. The monoisotopic (exact) mass is 344 g/mol. The van der Waals surface area contributed by atoms with Crippen molar-refractivity contribution in [2.75, 3.05) is 14.2 Å². The van der Waals surface area contributed by atoms with Gasteiger partial charge in [-0.2, -0.15) is 0 Å². The van der Waals surface area contributed by atoms with Crippen LogP contribution >= 0.6 is 0 Å². The maximum absolute atomic E-state index is 13.0. The minimum absolute atomic E-state index is 0.256. The number of ether oxygens (including phenoxy) is 2. The molecule has 3 aromatic rings. The van der Waals surface area contributed by atoms with Crippen LogP contribution in [0.1, 0.15) is 17.0 Å². The molecule has 2 aromatic carbocycles. The maximum atomic E-state index is 13.0. The lowest BCUT2D eigenvalue weighted by Crippen LogP contribution is -2.18. The second kappa shape index (κ2) is 7.21. The summed E-state index contributed by atoms with van der Waals surface area (Å²) in [6.07, 6.45) is 0.354. The highest BCUT2D eigenvalue weighted by Gasteiger charge is 2.13. The Labute approximate surface area is 143 Å². The van der Waals surface area contributed by atoms with Crippen molar-refractivity contribution in [1.82, 2.24) is 9.72 Å². The molecule has 0 saturated heterocycles. The van der Waals surface area contributed by atoms with Gasteiger partial charge in [-0.3, -0.25) is 9.09 Å². The molecular formula is C18H17FN2O4. The zero-order valence-corrected chi connectivity index (χ0v) is 13.9. The van der Waals surface area contributed by atoms with Gasteiger partial charge in [-0.15, -0.1) is 0 Å². The van der Waals surface area contributed by atoms with Gasteiger partial charge in [0, 0.05) is 12.5 Å². The van der Waals surface area contributed by atoms with Crippen LogP contribution in [-0.2, 0) is 13.0 Å². The lowest BCUT2D eigenvalue weighted by Gasteiger charge is -2.09. The fraction of sp³-hybridized carbons (Fsp3) is 0.222. The average Bonchev–Trinajstić information content (AvgIpc) is 2.96. The van der Waals surface area contributed by atoms with E-state index in [-0.39, 0.29) is 12.4 Å². The van der Waals surface area contributed by atoms with Gasteiger partial charge in [-0.25, -0.2) is 9.18 Å². The summed E-state index contributed by atoms with van der Waals surface area (Å²) >= 11 is 0. The number of hydrogen-bond acceptors (Lipinski definition) is 5. The van der Waals surface area contributed by atoms with E-state index in [1.165, 1.54) is 16.7 Å². The molecule has 0 aliphatic rings. The lowest BCUT2D eigenvalue weighted by atomic mass is 10.1. The van der Waals surface area contributed by atoms with Crippen molar-refractivity contribution in [3.63, 3.8) is 0 Å². The van der Waals surface area contributed by atoms with Gasteiger partial charge in [0.05, 0.1) is 20.8 Å². The van der Waals surface area contributed by atoms with E-state index in [2.05, 4.69) is 5.16 Å². The fourth-order valence-electron chi connectivity index (χ4n) is 2.50. The Morgan fingerprint density at radius 1 is 1.04 bits per heavy atom. The largest absolute Gasteiger partial charge is 0.497 e. The van der Waals surface area contributed by atoms with Crippen molar-refractivity contribution >= 4 is 0 Å². The molecule has 0 radical (unpaired) electrons. The van der Waals surface area contributed by atoms with E-state index in [0.717, 1.165) is 11.1 Å². The van der Waals surface area contributed by atoms with Crippen LogP contribution in [0.25, 0.3) is 0 Å². The zero-order valence-electron chi connectivity index (χ0n) is 13.9. The number of hydrogen-bond donors (Lipinski definition) is 0. The summed E-state index contributed by atoms with van der Waals surface area (Å²) in [5, 5.41) is 3.83. The van der Waals surface area contributed by atoms with E-state index in [1.54, 1.807) is 32.4 Å². The number of nitrogens with zero attached hydrogens (tertiary/aromatic N) is 2. The normalized spacial score (nSPS) is 10.7. The quantitative estimate of drug-likeness (QED) is 0.688. The molecule has 0 aliphatic carbocycles. The summed E-state index contributed by atoms with van der Waals surface area (Å²) in [7, 11) is 3.12. The standard InChI is InChI=1S/C18H17FN2O4/c1-23-15-7-13(8-16(10-15)24-2)11-21-17(20-25-18(21)22)9-12-3-5-14(19)6-4-12/h3-8,10H,9,11H2,1-2H3. The van der Waals surface area contributed by atoms with Crippen molar-refractivity contribution in [1.29, 1.82) is 0 Å². The van der Waals surface area contributed by atoms with Crippen LogP contribution in [0.2, 0.25) is 0 Å². The van der Waals surface area contributed by atoms with Crippen molar-refractivity contribution in [2.45, 2.75) is 13.0 Å².